The largest absolute Gasteiger partial charge is 0.295 e. The van der Waals surface area contributed by atoms with Crippen molar-refractivity contribution in [3.05, 3.63) is 191 Å². The number of amides is 1. The Morgan fingerprint density at radius 3 is 1.67 bits per heavy atom. The van der Waals surface area contributed by atoms with Gasteiger partial charge in [0.2, 0.25) is 0 Å². The first-order valence-electron chi connectivity index (χ1n) is 15.7. The van der Waals surface area contributed by atoms with Crippen molar-refractivity contribution in [3.8, 4) is 0 Å². The molecule has 0 saturated heterocycles. The normalized spacial score (nSPS) is 11.5. The fourth-order valence-electron chi connectivity index (χ4n) is 6.18. The average molecular weight is 623 g/mol. The first-order chi connectivity index (χ1) is 22.7. The van der Waals surface area contributed by atoms with Gasteiger partial charge in [-0.15, -0.1) is 11.8 Å². The van der Waals surface area contributed by atoms with Gasteiger partial charge < -0.3 is 0 Å². The van der Waals surface area contributed by atoms with Crippen LogP contribution in [0.15, 0.2) is 158 Å². The van der Waals surface area contributed by atoms with E-state index in [9.17, 15) is 4.79 Å². The number of hydroxylamine groups is 1. The molecule has 46 heavy (non-hydrogen) atoms. The highest BCUT2D eigenvalue weighted by molar-refractivity contribution is 8.00. The van der Waals surface area contributed by atoms with Gasteiger partial charge in [0.05, 0.1) is 4.75 Å². The highest BCUT2D eigenvalue weighted by atomic mass is 32.2. The Morgan fingerprint density at radius 2 is 1.11 bits per heavy atom. The van der Waals surface area contributed by atoms with Crippen LogP contribution in [0.1, 0.15) is 44.6 Å². The highest BCUT2D eigenvalue weighted by Gasteiger charge is 2.36. The Kier molecular flexibility index (Phi) is 10.3. The van der Waals surface area contributed by atoms with Gasteiger partial charge in [0.15, 0.2) is 0 Å². The van der Waals surface area contributed by atoms with E-state index in [-0.39, 0.29) is 4.75 Å². The van der Waals surface area contributed by atoms with Crippen molar-refractivity contribution >= 4 is 28.4 Å². The molecule has 0 bridgehead atoms. The molecule has 6 aromatic rings. The molecule has 6 rings (SSSR count). The van der Waals surface area contributed by atoms with Gasteiger partial charge in [-0.05, 0) is 75.5 Å². The lowest BCUT2D eigenvalue weighted by atomic mass is 9.84. The maximum absolute atomic E-state index is 11.9. The van der Waals surface area contributed by atoms with Crippen LogP contribution in [0.5, 0.6) is 0 Å². The minimum absolute atomic E-state index is 0.337. The third kappa shape index (κ3) is 7.24. The molecule has 4 nitrogen and oxygen atoms in total. The van der Waals surface area contributed by atoms with E-state index in [1.54, 1.807) is 17.6 Å². The van der Waals surface area contributed by atoms with E-state index < -0.39 is 5.91 Å². The van der Waals surface area contributed by atoms with Crippen LogP contribution in [-0.2, 0) is 17.8 Å². The molecule has 0 radical (unpaired) electrons. The van der Waals surface area contributed by atoms with E-state index >= 15 is 0 Å². The van der Waals surface area contributed by atoms with Crippen LogP contribution in [0.2, 0.25) is 0 Å². The van der Waals surface area contributed by atoms with Crippen molar-refractivity contribution < 1.29 is 10.0 Å². The lowest BCUT2D eigenvalue weighted by molar-refractivity contribution is 0.0706. The summed E-state index contributed by atoms with van der Waals surface area (Å²) in [6, 6.07) is 55.2. The van der Waals surface area contributed by atoms with Crippen molar-refractivity contribution in [2.75, 3.05) is 12.3 Å². The highest BCUT2D eigenvalue weighted by Crippen LogP contribution is 2.48. The lowest BCUT2D eigenvalue weighted by Crippen LogP contribution is -2.28. The molecule has 1 amide bonds. The summed E-state index contributed by atoms with van der Waals surface area (Å²) < 4.78 is -0.337. The maximum atomic E-state index is 11.9. The first kappa shape index (κ1) is 31.3. The number of nitrogens with zero attached hydrogens (tertiary/aromatic N) is 1. The Hall–Kier alpha value is -4.68. The standard InChI is InChI=1S/C41H38N2O2S/c44-40(42-45)35-25-21-32(22-26-35)30-43(31-33-23-24-34-13-10-11-14-36(34)29-33)27-12-28-46-41(37-15-4-1-5-16-37,38-17-6-2-7-18-38)39-19-8-3-9-20-39/h1-11,13-26,29,45H,12,27-28,30-31H2,(H,42,44). The fraction of sp³-hybridized carbons (Fsp3) is 0.146. The van der Waals surface area contributed by atoms with E-state index in [1.807, 2.05) is 23.9 Å². The zero-order valence-electron chi connectivity index (χ0n) is 25.8. The molecule has 6 aromatic carbocycles. The summed E-state index contributed by atoms with van der Waals surface area (Å²) in [5, 5.41) is 11.5. The maximum Gasteiger partial charge on any atom is 0.274 e. The Labute approximate surface area is 275 Å². The van der Waals surface area contributed by atoms with Gasteiger partial charge >= 0.3 is 0 Å². The molecule has 2 N–H and O–H groups in total. The van der Waals surface area contributed by atoms with Gasteiger partial charge in [-0.2, -0.15) is 0 Å². The average Bonchev–Trinajstić information content (AvgIpc) is 3.13. The third-order valence-electron chi connectivity index (χ3n) is 8.42. The number of carbonyl (C=O) groups excluding carboxylic acids is 1. The van der Waals surface area contributed by atoms with Gasteiger partial charge in [0.1, 0.15) is 0 Å². The zero-order valence-corrected chi connectivity index (χ0v) is 26.6. The topological polar surface area (TPSA) is 52.6 Å². The number of carbonyl (C=O) groups is 1. The van der Waals surface area contributed by atoms with E-state index in [1.165, 1.54) is 33.0 Å². The summed E-state index contributed by atoms with van der Waals surface area (Å²) in [6.45, 7) is 2.47. The summed E-state index contributed by atoms with van der Waals surface area (Å²) in [6.07, 6.45) is 0.998. The molecule has 0 aliphatic rings. The van der Waals surface area contributed by atoms with Crippen LogP contribution in [0.4, 0.5) is 0 Å². The van der Waals surface area contributed by atoms with E-state index in [0.717, 1.165) is 37.4 Å². The predicted octanol–water partition coefficient (Wildman–Crippen LogP) is 9.08. The summed E-state index contributed by atoms with van der Waals surface area (Å²) in [5.41, 5.74) is 8.37. The molecule has 0 aromatic heterocycles. The number of thioether (sulfide) groups is 1. The Balaban J connectivity index is 1.25. The van der Waals surface area contributed by atoms with Crippen LogP contribution >= 0.6 is 11.8 Å². The molecule has 0 aliphatic carbocycles. The number of hydrogen-bond donors (Lipinski definition) is 2. The lowest BCUT2D eigenvalue weighted by Gasteiger charge is -2.36. The summed E-state index contributed by atoms with van der Waals surface area (Å²) in [5.74, 6) is 0.456. The Bertz CT molecular complexity index is 1750. The molecule has 0 atom stereocenters. The quantitative estimate of drug-likeness (QED) is 0.0584. The smallest absolute Gasteiger partial charge is 0.274 e. The monoisotopic (exact) mass is 622 g/mol. The second-order valence-electron chi connectivity index (χ2n) is 11.5. The first-order valence-corrected chi connectivity index (χ1v) is 16.7. The molecule has 0 unspecified atom stereocenters. The van der Waals surface area contributed by atoms with Gasteiger partial charge in [-0.1, -0.05) is 140 Å². The van der Waals surface area contributed by atoms with Crippen molar-refractivity contribution in [2.45, 2.75) is 24.3 Å². The van der Waals surface area contributed by atoms with E-state index in [0.29, 0.717) is 5.56 Å². The van der Waals surface area contributed by atoms with E-state index in [2.05, 4.69) is 138 Å². The second-order valence-corrected chi connectivity index (χ2v) is 12.8. The zero-order chi connectivity index (χ0) is 31.6. The summed E-state index contributed by atoms with van der Waals surface area (Å²) in [4.78, 5) is 14.4. The molecule has 0 spiro atoms. The van der Waals surface area contributed by atoms with Crippen molar-refractivity contribution in [2.24, 2.45) is 0 Å². The minimum atomic E-state index is -0.504. The summed E-state index contributed by atoms with van der Waals surface area (Å²) in [7, 11) is 0. The fourth-order valence-corrected chi connectivity index (χ4v) is 7.66. The number of nitrogens with one attached hydrogen (secondary N) is 1. The van der Waals surface area contributed by atoms with Crippen LogP contribution < -0.4 is 5.48 Å². The minimum Gasteiger partial charge on any atom is -0.295 e. The predicted molar refractivity (Wildman–Crippen MR) is 190 cm³/mol. The Morgan fingerprint density at radius 1 is 0.609 bits per heavy atom. The number of rotatable bonds is 13. The molecule has 5 heteroatoms. The van der Waals surface area contributed by atoms with Gasteiger partial charge in [-0.25, -0.2) is 5.48 Å². The van der Waals surface area contributed by atoms with Crippen LogP contribution in [0, 0.1) is 0 Å². The third-order valence-corrected chi connectivity index (χ3v) is 10.1. The second kappa shape index (κ2) is 15.1. The molecule has 0 saturated carbocycles. The molecule has 0 heterocycles. The van der Waals surface area contributed by atoms with Crippen molar-refractivity contribution in [1.29, 1.82) is 0 Å². The SMILES string of the molecule is O=C(NO)c1ccc(CN(CCCSC(c2ccccc2)(c2ccccc2)c2ccccc2)Cc2ccc3ccccc3c2)cc1. The van der Waals surface area contributed by atoms with Crippen molar-refractivity contribution in [3.63, 3.8) is 0 Å². The van der Waals surface area contributed by atoms with Gasteiger partial charge in [0, 0.05) is 18.7 Å². The number of benzene rings is 6. The molecular formula is C41H38N2O2S. The van der Waals surface area contributed by atoms with Gasteiger partial charge in [-0.3, -0.25) is 14.9 Å². The summed E-state index contributed by atoms with van der Waals surface area (Å²) >= 11 is 2.00. The van der Waals surface area contributed by atoms with Crippen LogP contribution in [0.3, 0.4) is 0 Å². The molecule has 0 fully saturated rings. The number of hydrogen-bond acceptors (Lipinski definition) is 4. The van der Waals surface area contributed by atoms with E-state index in [4.69, 9.17) is 5.21 Å². The van der Waals surface area contributed by atoms with Crippen molar-refractivity contribution in [1.82, 2.24) is 10.4 Å². The molecular weight excluding hydrogens is 585 g/mol. The van der Waals surface area contributed by atoms with Gasteiger partial charge in [0.25, 0.3) is 5.91 Å². The molecule has 230 valence electrons. The van der Waals surface area contributed by atoms with Crippen LogP contribution in [-0.4, -0.2) is 28.3 Å². The molecule has 0 aliphatic heterocycles. The number of fused-ring (bicyclic) bond motifs is 1. The van der Waals surface area contributed by atoms with Crippen LogP contribution in [0.25, 0.3) is 10.8 Å².